The SMILES string of the molecule is COc1ccc(CN2C(=O)C([Si](C)(C)C)=C3C2=Nc2ccccc23)cc1. The molecule has 132 valence electrons. The molecule has 2 aliphatic rings. The normalized spacial score (nSPS) is 15.9. The minimum absolute atomic E-state index is 0.114. The fourth-order valence-electron chi connectivity index (χ4n) is 3.61. The average Bonchev–Trinajstić information content (AvgIpc) is 3.10. The second kappa shape index (κ2) is 5.95. The van der Waals surface area contributed by atoms with Crippen LogP contribution in [-0.2, 0) is 11.3 Å². The second-order valence-electron chi connectivity index (χ2n) is 7.69. The zero-order chi connectivity index (χ0) is 18.5. The van der Waals surface area contributed by atoms with Crippen LogP contribution in [0.1, 0.15) is 11.1 Å². The predicted molar refractivity (Wildman–Crippen MR) is 107 cm³/mol. The average molecular weight is 363 g/mol. The molecule has 0 radical (unpaired) electrons. The van der Waals surface area contributed by atoms with Crippen LogP contribution in [0.15, 0.2) is 58.7 Å². The number of hydrogen-bond acceptors (Lipinski definition) is 3. The number of benzene rings is 2. The standard InChI is InChI=1S/C21H22N2O2Si/c1-25-15-11-9-14(10-12-15)13-23-20-18(19(21(23)24)26(2,3)4)16-7-5-6-8-17(16)22-20/h5-12H,13H2,1-4H3. The molecule has 0 aromatic heterocycles. The number of aliphatic imine (C=N–C) groups is 1. The lowest BCUT2D eigenvalue weighted by Crippen LogP contribution is -2.36. The molecule has 0 aliphatic carbocycles. The summed E-state index contributed by atoms with van der Waals surface area (Å²) >= 11 is 0. The summed E-state index contributed by atoms with van der Waals surface area (Å²) < 4.78 is 5.23. The number of amides is 1. The van der Waals surface area contributed by atoms with Gasteiger partial charge in [-0.1, -0.05) is 50.0 Å². The molecule has 0 unspecified atom stereocenters. The Morgan fingerprint density at radius 3 is 2.38 bits per heavy atom. The van der Waals surface area contributed by atoms with E-state index in [4.69, 9.17) is 9.73 Å². The molecular formula is C21H22N2O2Si. The highest BCUT2D eigenvalue weighted by Gasteiger charge is 2.45. The zero-order valence-corrected chi connectivity index (χ0v) is 16.5. The van der Waals surface area contributed by atoms with Gasteiger partial charge in [-0.3, -0.25) is 9.69 Å². The molecule has 0 N–H and O–H groups in total. The number of methoxy groups -OCH3 is 1. The Morgan fingerprint density at radius 2 is 1.73 bits per heavy atom. The van der Waals surface area contributed by atoms with Crippen LogP contribution in [0.2, 0.25) is 19.6 Å². The van der Waals surface area contributed by atoms with Crippen LogP contribution in [0.25, 0.3) is 5.57 Å². The Labute approximate surface area is 154 Å². The first-order chi connectivity index (χ1) is 12.4. The van der Waals surface area contributed by atoms with Crippen molar-refractivity contribution in [3.05, 3.63) is 64.9 Å². The summed E-state index contributed by atoms with van der Waals surface area (Å²) in [5, 5.41) is 0.981. The molecule has 2 aromatic carbocycles. The highest BCUT2D eigenvalue weighted by Crippen LogP contribution is 2.44. The molecule has 5 heteroatoms. The lowest BCUT2D eigenvalue weighted by molar-refractivity contribution is -0.122. The Bertz CT molecular complexity index is 953. The third kappa shape index (κ3) is 2.59. The van der Waals surface area contributed by atoms with E-state index in [9.17, 15) is 4.79 Å². The largest absolute Gasteiger partial charge is 0.497 e. The number of para-hydroxylation sites is 1. The Balaban J connectivity index is 1.77. The molecule has 2 aromatic rings. The van der Waals surface area contributed by atoms with Gasteiger partial charge in [-0.05, 0) is 23.8 Å². The maximum atomic E-state index is 13.3. The number of hydrogen-bond donors (Lipinski definition) is 0. The molecule has 26 heavy (non-hydrogen) atoms. The van der Waals surface area contributed by atoms with Crippen LogP contribution in [0.5, 0.6) is 5.75 Å². The summed E-state index contributed by atoms with van der Waals surface area (Å²) in [7, 11) is -0.175. The lowest BCUT2D eigenvalue weighted by atomic mass is 10.1. The minimum atomic E-state index is -1.83. The smallest absolute Gasteiger partial charge is 0.252 e. The van der Waals surface area contributed by atoms with E-state index in [2.05, 4.69) is 25.7 Å². The molecule has 2 aliphatic heterocycles. The van der Waals surface area contributed by atoms with Crippen LogP contribution >= 0.6 is 0 Å². The van der Waals surface area contributed by atoms with Crippen LogP contribution in [0, 0.1) is 0 Å². The van der Waals surface area contributed by atoms with Crippen molar-refractivity contribution < 1.29 is 9.53 Å². The van der Waals surface area contributed by atoms with Gasteiger partial charge in [-0.25, -0.2) is 4.99 Å². The van der Waals surface area contributed by atoms with Crippen molar-refractivity contribution >= 4 is 31.1 Å². The van der Waals surface area contributed by atoms with Crippen molar-refractivity contribution in [3.8, 4) is 5.75 Å². The molecule has 4 nitrogen and oxygen atoms in total. The molecule has 0 fully saturated rings. The second-order valence-corrected chi connectivity index (χ2v) is 12.7. The molecule has 0 spiro atoms. The van der Waals surface area contributed by atoms with E-state index in [0.717, 1.165) is 39.2 Å². The molecule has 2 heterocycles. The van der Waals surface area contributed by atoms with E-state index < -0.39 is 8.07 Å². The highest BCUT2D eigenvalue weighted by atomic mass is 28.3. The van der Waals surface area contributed by atoms with Gasteiger partial charge in [-0.15, -0.1) is 0 Å². The van der Waals surface area contributed by atoms with Crippen molar-refractivity contribution in [1.82, 2.24) is 4.90 Å². The number of nitrogens with zero attached hydrogens (tertiary/aromatic N) is 2. The first-order valence-corrected chi connectivity index (χ1v) is 12.3. The topological polar surface area (TPSA) is 41.9 Å². The van der Waals surface area contributed by atoms with Crippen molar-refractivity contribution in [3.63, 3.8) is 0 Å². The number of fused-ring (bicyclic) bond motifs is 3. The number of ether oxygens (including phenoxy) is 1. The molecular weight excluding hydrogens is 340 g/mol. The maximum absolute atomic E-state index is 13.3. The van der Waals surface area contributed by atoms with E-state index in [1.165, 1.54) is 0 Å². The monoisotopic (exact) mass is 362 g/mol. The molecule has 0 bridgehead atoms. The van der Waals surface area contributed by atoms with E-state index in [-0.39, 0.29) is 5.91 Å². The van der Waals surface area contributed by atoms with Crippen molar-refractivity contribution in [2.75, 3.05) is 7.11 Å². The first kappa shape index (κ1) is 16.8. The quantitative estimate of drug-likeness (QED) is 0.756. The molecule has 0 saturated heterocycles. The van der Waals surface area contributed by atoms with Crippen molar-refractivity contribution in [2.45, 2.75) is 26.2 Å². The summed E-state index contributed by atoms with van der Waals surface area (Å²) in [6, 6.07) is 16.0. The fraction of sp³-hybridized carbons (Fsp3) is 0.238. The van der Waals surface area contributed by atoms with E-state index in [0.29, 0.717) is 6.54 Å². The van der Waals surface area contributed by atoms with Gasteiger partial charge in [0.1, 0.15) is 11.6 Å². The summed E-state index contributed by atoms with van der Waals surface area (Å²) in [6.07, 6.45) is 0. The van der Waals surface area contributed by atoms with Gasteiger partial charge in [0, 0.05) is 16.3 Å². The van der Waals surface area contributed by atoms with Gasteiger partial charge in [0.2, 0.25) is 0 Å². The minimum Gasteiger partial charge on any atom is -0.497 e. The number of carbonyl (C=O) groups excluding carboxylic acids is 1. The van der Waals surface area contributed by atoms with Gasteiger partial charge < -0.3 is 4.74 Å². The summed E-state index contributed by atoms with van der Waals surface area (Å²) in [6.45, 7) is 7.20. The molecule has 0 atom stereocenters. The molecule has 4 rings (SSSR count). The first-order valence-electron chi connectivity index (χ1n) is 8.78. The van der Waals surface area contributed by atoms with E-state index in [1.54, 1.807) is 7.11 Å². The third-order valence-corrected chi connectivity index (χ3v) is 6.80. The summed E-state index contributed by atoms with van der Waals surface area (Å²) in [5.74, 6) is 1.74. The van der Waals surface area contributed by atoms with Crippen LogP contribution in [0.3, 0.4) is 0 Å². The molecule has 0 saturated carbocycles. The maximum Gasteiger partial charge on any atom is 0.252 e. The fourth-order valence-corrected chi connectivity index (χ4v) is 5.38. The highest BCUT2D eigenvalue weighted by molar-refractivity contribution is 6.90. The summed E-state index contributed by atoms with van der Waals surface area (Å²) in [4.78, 5) is 19.9. The van der Waals surface area contributed by atoms with Crippen molar-refractivity contribution in [2.24, 2.45) is 4.99 Å². The number of amidine groups is 1. The number of carbonyl (C=O) groups is 1. The van der Waals surface area contributed by atoms with Gasteiger partial charge in [0.25, 0.3) is 5.91 Å². The Kier molecular flexibility index (Phi) is 3.84. The lowest BCUT2D eigenvalue weighted by Gasteiger charge is -2.21. The number of rotatable bonds is 4. The zero-order valence-electron chi connectivity index (χ0n) is 15.5. The van der Waals surface area contributed by atoms with Crippen LogP contribution in [0.4, 0.5) is 5.69 Å². The van der Waals surface area contributed by atoms with Gasteiger partial charge in [0.15, 0.2) is 0 Å². The summed E-state index contributed by atoms with van der Waals surface area (Å²) in [5.41, 5.74) is 4.17. The van der Waals surface area contributed by atoms with E-state index >= 15 is 0 Å². The Hall–Kier alpha value is -2.66. The van der Waals surface area contributed by atoms with Gasteiger partial charge >= 0.3 is 0 Å². The third-order valence-electron chi connectivity index (χ3n) is 4.84. The van der Waals surface area contributed by atoms with Crippen LogP contribution < -0.4 is 4.74 Å². The predicted octanol–water partition coefficient (Wildman–Crippen LogP) is 4.41. The van der Waals surface area contributed by atoms with Gasteiger partial charge in [0.05, 0.1) is 27.4 Å². The Morgan fingerprint density at radius 1 is 1.04 bits per heavy atom. The van der Waals surface area contributed by atoms with Crippen molar-refractivity contribution in [1.29, 1.82) is 0 Å². The molecule has 1 amide bonds. The van der Waals surface area contributed by atoms with Crippen LogP contribution in [-0.4, -0.2) is 31.8 Å². The van der Waals surface area contributed by atoms with Gasteiger partial charge in [-0.2, -0.15) is 0 Å². The van der Waals surface area contributed by atoms with E-state index in [1.807, 2.05) is 47.4 Å².